The molecule has 38 heteroatoms. The summed E-state index contributed by atoms with van der Waals surface area (Å²) in [5.41, 5.74) is 13.1. The van der Waals surface area contributed by atoms with Crippen LogP contribution in [0, 0.1) is 103 Å². The number of nitrogens with zero attached hydrogens (tertiary/aromatic N) is 3. The lowest BCUT2D eigenvalue weighted by Gasteiger charge is -2.38. The maximum absolute atomic E-state index is 14.3. The van der Waals surface area contributed by atoms with Crippen molar-refractivity contribution in [1.29, 1.82) is 0 Å². The zero-order valence-electron chi connectivity index (χ0n) is 84.0. The third-order valence-electron chi connectivity index (χ3n) is 30.2. The number of nitrogens with one attached hydrogen (secondary N) is 9. The van der Waals surface area contributed by atoms with E-state index in [4.69, 9.17) is 40.2 Å². The van der Waals surface area contributed by atoms with E-state index in [0.717, 1.165) is 69.8 Å². The molecule has 38 nitrogen and oxygen atoms in total. The molecule has 10 aliphatic rings. The van der Waals surface area contributed by atoms with Gasteiger partial charge in [0.2, 0.25) is 52.8 Å². The number of esters is 3. The van der Waals surface area contributed by atoms with Gasteiger partial charge in [-0.2, -0.15) is 0 Å². The lowest BCUT2D eigenvalue weighted by atomic mass is 9.80. The molecule has 3 unspecified atom stereocenters. The molecule has 0 bridgehead atoms. The molecule has 7 aliphatic carbocycles. The second-order valence-electron chi connectivity index (χ2n) is 46.3. The Labute approximate surface area is 812 Å². The Kier molecular flexibility index (Phi) is 33.1. The Balaban J connectivity index is 0.000000200. The lowest BCUT2D eigenvalue weighted by molar-refractivity contribution is -0.151. The zero-order valence-corrected chi connectivity index (χ0v) is 84.0. The number of piperidine rings is 3. The second-order valence-corrected chi connectivity index (χ2v) is 46.3. The van der Waals surface area contributed by atoms with Crippen LogP contribution >= 0.6 is 0 Å². The van der Waals surface area contributed by atoms with Crippen LogP contribution in [0.1, 0.15) is 239 Å². The number of carbonyl (C=O) groups excluding carboxylic acids is 18. The highest BCUT2D eigenvalue weighted by Crippen LogP contribution is 2.67. The van der Waals surface area contributed by atoms with E-state index in [1.807, 2.05) is 92.6 Å². The van der Waals surface area contributed by atoms with Crippen LogP contribution in [-0.2, 0) is 106 Å². The highest BCUT2D eigenvalue weighted by molar-refractivity contribution is 6.39. The van der Waals surface area contributed by atoms with E-state index in [1.54, 1.807) is 100 Å². The van der Waals surface area contributed by atoms with Gasteiger partial charge in [0.05, 0.1) is 30.7 Å². The van der Waals surface area contributed by atoms with E-state index in [-0.39, 0.29) is 101 Å². The first kappa shape index (κ1) is 108. The first-order chi connectivity index (χ1) is 64.7. The molecule has 0 spiro atoms. The highest BCUT2D eigenvalue weighted by Gasteiger charge is 2.73. The molecule has 5 heterocycles. The summed E-state index contributed by atoms with van der Waals surface area (Å²) in [4.78, 5) is 241. The van der Waals surface area contributed by atoms with E-state index < -0.39 is 201 Å². The summed E-state index contributed by atoms with van der Waals surface area (Å²) in [5.74, 6) is -9.71. The van der Waals surface area contributed by atoms with Crippen molar-refractivity contribution in [2.75, 3.05) is 19.6 Å². The number of Topliss-reactive ketones (excluding diaryl/α,β-unsaturated/α-hetero) is 3. The average Bonchev–Trinajstić information content (AvgIpc) is 1.53. The van der Waals surface area contributed by atoms with E-state index >= 15 is 0 Å². The maximum Gasteiger partial charge on any atom is 0.329 e. The smallest absolute Gasteiger partial charge is 0.329 e. The normalized spacial score (nSPS) is 24.1. The number of primary amides is 3. The van der Waals surface area contributed by atoms with Crippen LogP contribution in [0.25, 0.3) is 0 Å². The van der Waals surface area contributed by atoms with E-state index in [2.05, 4.69) is 47.9 Å². The number of furan rings is 2. The number of hydrogen-bond acceptors (Lipinski definition) is 23. The fourth-order valence-electron chi connectivity index (χ4n) is 20.6. The van der Waals surface area contributed by atoms with Gasteiger partial charge >= 0.3 is 36.0 Å². The molecule has 10 fully saturated rings. The number of ether oxygens (including phenoxy) is 3. The molecule has 2 aromatic heterocycles. The molecule has 139 heavy (non-hydrogen) atoms. The van der Waals surface area contributed by atoms with Crippen LogP contribution in [0.2, 0.25) is 0 Å². The van der Waals surface area contributed by atoms with E-state index in [9.17, 15) is 86.3 Å². The van der Waals surface area contributed by atoms with Gasteiger partial charge in [-0.15, -0.1) is 0 Å². The van der Waals surface area contributed by atoms with Gasteiger partial charge in [0.1, 0.15) is 85.7 Å². The fraction of sp³-hybridized carbons (Fsp3) is 0.683. The summed E-state index contributed by atoms with van der Waals surface area (Å²) < 4.78 is 26.7. The highest BCUT2D eigenvalue weighted by atomic mass is 16.6. The van der Waals surface area contributed by atoms with Gasteiger partial charge in [0.15, 0.2) is 0 Å². The number of carbonyl (C=O) groups is 18. The molecule has 764 valence electrons. The topological polar surface area (TPSA) is 557 Å². The van der Waals surface area contributed by atoms with Gasteiger partial charge in [-0.25, -0.2) is 28.8 Å². The number of nitrogens with two attached hydrogens (primary N) is 3. The number of likely N-dealkylation sites (tertiary alicyclic amines) is 3. The van der Waals surface area contributed by atoms with Gasteiger partial charge in [0, 0.05) is 19.6 Å². The quantitative estimate of drug-likeness (QED) is 0.0156. The fourth-order valence-corrected chi connectivity index (χ4v) is 20.6. The Hall–Kier alpha value is -11.8. The Morgan fingerprint density at radius 3 is 0.993 bits per heavy atom. The van der Waals surface area contributed by atoms with Crippen molar-refractivity contribution in [3.05, 3.63) is 84.2 Å². The van der Waals surface area contributed by atoms with Gasteiger partial charge in [0.25, 0.3) is 17.7 Å². The molecule has 0 radical (unpaired) electrons. The number of amides is 15. The van der Waals surface area contributed by atoms with Gasteiger partial charge in [-0.1, -0.05) is 220 Å². The molecule has 7 saturated carbocycles. The van der Waals surface area contributed by atoms with Crippen molar-refractivity contribution in [3.8, 4) is 0 Å². The van der Waals surface area contributed by atoms with Crippen LogP contribution in [0.15, 0.2) is 76.0 Å². The standard InChI is InChI=1S/C34H51N5O8.C34H47N5O7.C33H49N5O8/c1-32(2,3)25(37-31(45)38-26(33(4,5)6)30(44)47-17-19-13-10-14-46-19)29(43)39-16-20-22(34(20,7)8)23(39)28(42)36-21(24(40)27(35)41)15-18-11-9-12-18;1-33(2,3)27(38-32(45)37-24(20-13-14-20)31(44)46-17-19-9-7-6-8-10-19)30(43)39-16-21-23(34(21,4)5)25(39)29(42)36-22(15-18-11-12-18)26(40)28(35)41;1-17(2)23(30(43)46-16-19-12-9-13-45-19)36-31(44)37-26(32(3,4)5)29(42)38-15-20-22(33(20,6)7)24(38)28(41)35-21(25(39)27(34)40)14-18-10-8-11-18/h10,13-14,18,20-23,25-26H,9,11-12,15-17H2,1-8H3,(H2,35,41)(H,36,42)(H2,37,38,45);6-10,18,20-25,27H,11-17H2,1-5H3,(H2,35,41)(H,36,42)(H2,37,38,45);9,12-13,17-18,20-24,26H,8,10-11,14-16H2,1-7H3,(H2,34,40)(H,35,41)(H2,36,37,44)/t20-,21?,22-,23-,25+,26+;21-,22?,23-,24-,25-,27+;20-,21?,22-,23-,24-,26+/m000/s1. The van der Waals surface area contributed by atoms with E-state index in [1.165, 1.54) is 27.2 Å². The number of fused-ring (bicyclic) bond motifs is 3. The Bertz CT molecular complexity index is 5050. The maximum atomic E-state index is 14.3. The summed E-state index contributed by atoms with van der Waals surface area (Å²) in [6.07, 6.45) is 12.9. The molecule has 13 rings (SSSR count). The van der Waals surface area contributed by atoms with Crippen molar-refractivity contribution < 1.29 is 109 Å². The SMILES string of the molecule is CC(C)(C)[C@H](NC(=O)N[C@H](C(=O)N1C[C@H]2[C@@H]([C@H]1C(=O)NC(CC1CCC1)C(=O)C(N)=O)C2(C)C)C(C)(C)C)C(=O)OCc1ccco1.CC(C)(C)[C@H](NC(=O)N[C@H](C(=O)OCc1ccccc1)C1CC1)C(=O)N1C[C@H]2[C@@H]([C@H]1C(=O)NC(CC1CC1)C(=O)C(N)=O)C2(C)C.CC(C)[C@H](NC(=O)N[C@H](C(=O)N1C[C@H]2[C@@H]([C@H]1C(=O)NC(CC1CCC1)C(=O)C(N)=O)C2(C)C)C(C)(C)C)C(=O)OCc1ccco1. The first-order valence-electron chi connectivity index (χ1n) is 48.9. The van der Waals surface area contributed by atoms with Crippen LogP contribution < -0.4 is 65.1 Å². The van der Waals surface area contributed by atoms with Crippen molar-refractivity contribution in [2.45, 2.75) is 314 Å². The summed E-state index contributed by atoms with van der Waals surface area (Å²) in [5, 5.41) is 24.7. The Morgan fingerprint density at radius 2 is 0.698 bits per heavy atom. The number of benzene rings is 1. The molecule has 3 aliphatic heterocycles. The van der Waals surface area contributed by atoms with Crippen LogP contribution in [0.4, 0.5) is 14.4 Å². The lowest BCUT2D eigenvalue weighted by Crippen LogP contribution is -2.62. The predicted molar refractivity (Wildman–Crippen MR) is 505 cm³/mol. The minimum atomic E-state index is -1.11. The summed E-state index contributed by atoms with van der Waals surface area (Å²) in [6, 6.07) is 1.87. The van der Waals surface area contributed by atoms with Crippen LogP contribution in [0.3, 0.4) is 0 Å². The predicted octanol–water partition coefficient (Wildman–Crippen LogP) is 6.98. The van der Waals surface area contributed by atoms with Crippen LogP contribution in [0.5, 0.6) is 0 Å². The molecule has 15 N–H and O–H groups in total. The largest absolute Gasteiger partial charge is 0.466 e. The third-order valence-corrected chi connectivity index (χ3v) is 30.2. The Morgan fingerprint density at radius 1 is 0.381 bits per heavy atom. The van der Waals surface area contributed by atoms with Gasteiger partial charge in [-0.05, 0) is 165 Å². The van der Waals surface area contributed by atoms with Gasteiger partial charge in [-0.3, -0.25) is 57.5 Å². The zero-order chi connectivity index (χ0) is 103. The minimum Gasteiger partial charge on any atom is -0.466 e. The number of urea groups is 3. The molecule has 3 saturated heterocycles. The first-order valence-corrected chi connectivity index (χ1v) is 48.9. The van der Waals surface area contributed by atoms with Gasteiger partial charge < -0.3 is 103 Å². The molecule has 18 atom stereocenters. The van der Waals surface area contributed by atoms with Crippen molar-refractivity contribution in [1.82, 2.24) is 62.6 Å². The van der Waals surface area contributed by atoms with Crippen molar-refractivity contribution in [2.24, 2.45) is 120 Å². The van der Waals surface area contributed by atoms with Crippen molar-refractivity contribution in [3.63, 3.8) is 0 Å². The minimum absolute atomic E-state index is 0.0442. The number of hydrogen-bond donors (Lipinski definition) is 12. The van der Waals surface area contributed by atoms with Crippen molar-refractivity contribution >= 4 is 107 Å². The third kappa shape index (κ3) is 26.1. The molecule has 3 aromatic rings. The molecule has 15 amide bonds. The van der Waals surface area contributed by atoms with Crippen LogP contribution in [-0.4, -0.2) is 213 Å². The molecular weight excluding hydrogens is 1790 g/mol. The summed E-state index contributed by atoms with van der Waals surface area (Å²) in [7, 11) is 0. The molecule has 1 aromatic carbocycles. The van der Waals surface area contributed by atoms with E-state index in [0.29, 0.717) is 50.4 Å². The average molecular weight is 1940 g/mol. The summed E-state index contributed by atoms with van der Waals surface area (Å²) >= 11 is 0. The number of rotatable bonds is 38. The monoisotopic (exact) mass is 1940 g/mol. The second kappa shape index (κ2) is 42.7. The molecular formula is C101H147N15O23. The number of ketones is 3. The summed E-state index contributed by atoms with van der Waals surface area (Å²) in [6.45, 7) is 38.1.